The molecule has 2 aliphatic carbocycles. The van der Waals surface area contributed by atoms with Gasteiger partial charge in [0.2, 0.25) is 0 Å². The van der Waals surface area contributed by atoms with Crippen molar-refractivity contribution in [3.63, 3.8) is 0 Å². The summed E-state index contributed by atoms with van der Waals surface area (Å²) in [5.41, 5.74) is -0.0186. The number of hydrogen-bond donors (Lipinski definition) is 0. The van der Waals surface area contributed by atoms with Gasteiger partial charge in [-0.25, -0.2) is 0 Å². The minimum absolute atomic E-state index is 0.0165. The summed E-state index contributed by atoms with van der Waals surface area (Å²) in [7, 11) is 0. The first-order valence-electron chi connectivity index (χ1n) is 5.15. The molecule has 2 nitrogen and oxygen atoms in total. The van der Waals surface area contributed by atoms with Gasteiger partial charge in [0, 0.05) is 11.3 Å². The summed E-state index contributed by atoms with van der Waals surface area (Å²) in [6, 6.07) is 0. The van der Waals surface area contributed by atoms with Crippen LogP contribution in [0.15, 0.2) is 0 Å². The van der Waals surface area contributed by atoms with E-state index < -0.39 is 0 Å². The monoisotopic (exact) mass is 180 g/mol. The van der Waals surface area contributed by atoms with E-state index in [-0.39, 0.29) is 28.8 Å². The predicted molar refractivity (Wildman–Crippen MR) is 49.2 cm³/mol. The molecule has 13 heavy (non-hydrogen) atoms. The number of carbonyl (C=O) groups excluding carboxylic acids is 2. The largest absolute Gasteiger partial charge is 0.299 e. The standard InChI is InChI=1S/C11H16O2/c1-7(2)9(12)8-3-4-11(5-6-11)10(8)13/h7-8H,3-6H2,1-2H3. The van der Waals surface area contributed by atoms with Crippen molar-refractivity contribution in [1.82, 2.24) is 0 Å². The molecule has 1 unspecified atom stereocenters. The van der Waals surface area contributed by atoms with Crippen LogP contribution in [-0.2, 0) is 9.59 Å². The van der Waals surface area contributed by atoms with Gasteiger partial charge in [-0.15, -0.1) is 0 Å². The van der Waals surface area contributed by atoms with Gasteiger partial charge in [0.15, 0.2) is 0 Å². The Labute approximate surface area is 78.7 Å². The lowest BCUT2D eigenvalue weighted by molar-refractivity contribution is -0.134. The maximum atomic E-state index is 11.8. The molecule has 2 heteroatoms. The molecule has 0 saturated heterocycles. The number of hydrogen-bond acceptors (Lipinski definition) is 2. The van der Waals surface area contributed by atoms with E-state index in [0.29, 0.717) is 0 Å². The molecular weight excluding hydrogens is 164 g/mol. The van der Waals surface area contributed by atoms with E-state index in [0.717, 1.165) is 25.7 Å². The predicted octanol–water partition coefficient (Wildman–Crippen LogP) is 1.97. The highest BCUT2D eigenvalue weighted by Gasteiger charge is 2.57. The van der Waals surface area contributed by atoms with Crippen LogP contribution < -0.4 is 0 Å². The summed E-state index contributed by atoms with van der Waals surface area (Å²) in [4.78, 5) is 23.5. The molecule has 0 aromatic rings. The zero-order chi connectivity index (χ0) is 9.64. The van der Waals surface area contributed by atoms with Crippen molar-refractivity contribution in [2.75, 3.05) is 0 Å². The first-order chi connectivity index (χ1) is 6.07. The summed E-state index contributed by atoms with van der Waals surface area (Å²) in [5, 5.41) is 0. The zero-order valence-electron chi connectivity index (χ0n) is 8.30. The molecular formula is C11H16O2. The summed E-state index contributed by atoms with van der Waals surface area (Å²) in [5.74, 6) is 0.185. The lowest BCUT2D eigenvalue weighted by atomic mass is 9.91. The zero-order valence-corrected chi connectivity index (χ0v) is 8.30. The Bertz CT molecular complexity index is 261. The van der Waals surface area contributed by atoms with Gasteiger partial charge in [-0.1, -0.05) is 13.8 Å². The Morgan fingerprint density at radius 3 is 2.38 bits per heavy atom. The van der Waals surface area contributed by atoms with E-state index in [4.69, 9.17) is 0 Å². The molecule has 0 heterocycles. The van der Waals surface area contributed by atoms with Crippen LogP contribution >= 0.6 is 0 Å². The smallest absolute Gasteiger partial charge is 0.149 e. The van der Waals surface area contributed by atoms with Crippen molar-refractivity contribution < 1.29 is 9.59 Å². The summed E-state index contributed by atoms with van der Waals surface area (Å²) >= 11 is 0. The van der Waals surface area contributed by atoms with Gasteiger partial charge in [0.05, 0.1) is 5.92 Å². The molecule has 1 atom stereocenters. The Morgan fingerprint density at radius 2 is 2.00 bits per heavy atom. The highest BCUT2D eigenvalue weighted by atomic mass is 16.2. The van der Waals surface area contributed by atoms with E-state index >= 15 is 0 Å². The van der Waals surface area contributed by atoms with Gasteiger partial charge < -0.3 is 0 Å². The molecule has 2 fully saturated rings. The molecule has 0 amide bonds. The Balaban J connectivity index is 2.11. The fourth-order valence-corrected chi connectivity index (χ4v) is 2.37. The van der Waals surface area contributed by atoms with Gasteiger partial charge in [-0.3, -0.25) is 9.59 Å². The van der Waals surface area contributed by atoms with Crippen LogP contribution in [0.1, 0.15) is 39.5 Å². The fraction of sp³-hybridized carbons (Fsp3) is 0.818. The van der Waals surface area contributed by atoms with Crippen molar-refractivity contribution in [2.45, 2.75) is 39.5 Å². The summed E-state index contributed by atoms with van der Waals surface area (Å²) in [6.07, 6.45) is 3.85. The minimum Gasteiger partial charge on any atom is -0.299 e. The maximum absolute atomic E-state index is 11.8. The van der Waals surface area contributed by atoms with Gasteiger partial charge >= 0.3 is 0 Å². The SMILES string of the molecule is CC(C)C(=O)C1CCC2(CC2)C1=O. The van der Waals surface area contributed by atoms with Crippen LogP contribution in [0.25, 0.3) is 0 Å². The van der Waals surface area contributed by atoms with E-state index in [9.17, 15) is 9.59 Å². The second-order valence-electron chi connectivity index (χ2n) is 4.79. The summed E-state index contributed by atoms with van der Waals surface area (Å²) in [6.45, 7) is 3.76. The second kappa shape index (κ2) is 2.66. The fourth-order valence-electron chi connectivity index (χ4n) is 2.37. The maximum Gasteiger partial charge on any atom is 0.149 e. The molecule has 2 rings (SSSR count). The molecule has 0 aromatic heterocycles. The van der Waals surface area contributed by atoms with Crippen molar-refractivity contribution in [1.29, 1.82) is 0 Å². The van der Waals surface area contributed by atoms with Crippen LogP contribution in [0.5, 0.6) is 0 Å². The Morgan fingerprint density at radius 1 is 1.38 bits per heavy atom. The molecule has 0 bridgehead atoms. The molecule has 0 radical (unpaired) electrons. The van der Waals surface area contributed by atoms with Crippen molar-refractivity contribution in [3.05, 3.63) is 0 Å². The van der Waals surface area contributed by atoms with Crippen molar-refractivity contribution in [3.8, 4) is 0 Å². The van der Waals surface area contributed by atoms with Crippen LogP contribution in [0.2, 0.25) is 0 Å². The van der Waals surface area contributed by atoms with E-state index in [1.807, 2.05) is 13.8 Å². The number of rotatable bonds is 2. The lowest BCUT2D eigenvalue weighted by Gasteiger charge is -2.10. The lowest BCUT2D eigenvalue weighted by Crippen LogP contribution is -2.26. The molecule has 1 spiro atoms. The van der Waals surface area contributed by atoms with Crippen molar-refractivity contribution in [2.24, 2.45) is 17.3 Å². The molecule has 2 aliphatic rings. The number of Topliss-reactive ketones (excluding diaryl/α,β-unsaturated/α-hetero) is 2. The third-order valence-corrected chi connectivity index (χ3v) is 3.52. The molecule has 72 valence electrons. The van der Waals surface area contributed by atoms with Gasteiger partial charge in [-0.2, -0.15) is 0 Å². The average molecular weight is 180 g/mol. The van der Waals surface area contributed by atoms with Gasteiger partial charge in [0.25, 0.3) is 0 Å². The quantitative estimate of drug-likeness (QED) is 0.609. The van der Waals surface area contributed by atoms with E-state index in [1.54, 1.807) is 0 Å². The van der Waals surface area contributed by atoms with Crippen molar-refractivity contribution >= 4 is 11.6 Å². The first-order valence-corrected chi connectivity index (χ1v) is 5.15. The van der Waals surface area contributed by atoms with Crippen LogP contribution in [-0.4, -0.2) is 11.6 Å². The number of ketones is 2. The first kappa shape index (κ1) is 8.92. The van der Waals surface area contributed by atoms with Crippen LogP contribution in [0, 0.1) is 17.3 Å². The number of carbonyl (C=O) groups is 2. The van der Waals surface area contributed by atoms with Gasteiger partial charge in [-0.05, 0) is 25.7 Å². The third kappa shape index (κ3) is 1.23. The minimum atomic E-state index is -0.248. The topological polar surface area (TPSA) is 34.1 Å². The molecule has 0 aliphatic heterocycles. The molecule has 0 N–H and O–H groups in total. The highest BCUT2D eigenvalue weighted by Crippen LogP contribution is 2.57. The Kier molecular flexibility index (Phi) is 1.83. The normalized spacial score (nSPS) is 30.1. The average Bonchev–Trinajstić information content (AvgIpc) is 2.77. The van der Waals surface area contributed by atoms with E-state index in [1.165, 1.54) is 0 Å². The summed E-state index contributed by atoms with van der Waals surface area (Å²) < 4.78 is 0. The van der Waals surface area contributed by atoms with Crippen LogP contribution in [0.4, 0.5) is 0 Å². The highest BCUT2D eigenvalue weighted by molar-refractivity contribution is 6.08. The second-order valence-corrected chi connectivity index (χ2v) is 4.79. The van der Waals surface area contributed by atoms with Gasteiger partial charge in [0.1, 0.15) is 11.6 Å². The molecule has 2 saturated carbocycles. The van der Waals surface area contributed by atoms with E-state index in [2.05, 4.69) is 0 Å². The molecule has 0 aromatic carbocycles. The van der Waals surface area contributed by atoms with Crippen LogP contribution in [0.3, 0.4) is 0 Å². The Hall–Kier alpha value is -0.660. The third-order valence-electron chi connectivity index (χ3n) is 3.52.